The zero-order valence-electron chi connectivity index (χ0n) is 14.9. The zero-order valence-corrected chi connectivity index (χ0v) is 14.9. The van der Waals surface area contributed by atoms with Crippen LogP contribution in [0.15, 0.2) is 16.5 Å². The van der Waals surface area contributed by atoms with E-state index in [9.17, 15) is 4.79 Å². The minimum Gasteiger partial charge on any atom is -0.465 e. The van der Waals surface area contributed by atoms with Crippen LogP contribution in [0.1, 0.15) is 69.9 Å². The molecule has 0 saturated carbocycles. The average Bonchev–Trinajstić information content (AvgIpc) is 3.21. The van der Waals surface area contributed by atoms with Gasteiger partial charge in [-0.2, -0.15) is 0 Å². The van der Waals surface area contributed by atoms with E-state index in [0.29, 0.717) is 6.54 Å². The highest BCUT2D eigenvalue weighted by Crippen LogP contribution is 2.26. The number of hydrogen-bond donors (Lipinski definition) is 1. The van der Waals surface area contributed by atoms with Gasteiger partial charge in [-0.1, -0.05) is 26.7 Å². The lowest BCUT2D eigenvalue weighted by molar-refractivity contribution is -0.125. The molecule has 1 fully saturated rings. The van der Waals surface area contributed by atoms with Gasteiger partial charge in [0, 0.05) is 12.5 Å². The van der Waals surface area contributed by atoms with Crippen LogP contribution in [-0.2, 0) is 4.79 Å². The first kappa shape index (κ1) is 18.1. The Morgan fingerprint density at radius 2 is 2.04 bits per heavy atom. The van der Waals surface area contributed by atoms with E-state index >= 15 is 0 Å². The normalized spacial score (nSPS) is 18.0. The maximum Gasteiger partial charge on any atom is 0.223 e. The molecule has 1 amide bonds. The fraction of sp³-hybridized carbons (Fsp3) is 0.737. The van der Waals surface area contributed by atoms with Crippen molar-refractivity contribution < 1.29 is 9.21 Å². The number of nitrogens with zero attached hydrogens (tertiary/aromatic N) is 1. The summed E-state index contributed by atoms with van der Waals surface area (Å²) < 4.78 is 5.85. The number of hydrogen-bond acceptors (Lipinski definition) is 3. The third-order valence-corrected chi connectivity index (χ3v) is 4.91. The zero-order chi connectivity index (χ0) is 16.7. The van der Waals surface area contributed by atoms with Crippen LogP contribution in [0.4, 0.5) is 0 Å². The summed E-state index contributed by atoms with van der Waals surface area (Å²) in [5.74, 6) is 2.26. The Morgan fingerprint density at radius 3 is 2.61 bits per heavy atom. The number of unbranched alkanes of at least 4 members (excludes halogenated alkanes) is 1. The van der Waals surface area contributed by atoms with Gasteiger partial charge in [-0.05, 0) is 57.8 Å². The van der Waals surface area contributed by atoms with Crippen LogP contribution < -0.4 is 5.32 Å². The summed E-state index contributed by atoms with van der Waals surface area (Å²) in [6.45, 7) is 9.08. The van der Waals surface area contributed by atoms with Crippen molar-refractivity contribution in [1.82, 2.24) is 10.2 Å². The Labute approximate surface area is 140 Å². The van der Waals surface area contributed by atoms with Gasteiger partial charge in [0.15, 0.2) is 0 Å². The number of nitrogens with one attached hydrogen (secondary N) is 1. The summed E-state index contributed by atoms with van der Waals surface area (Å²) in [4.78, 5) is 14.9. The number of rotatable bonds is 9. The van der Waals surface area contributed by atoms with E-state index in [1.165, 1.54) is 12.8 Å². The van der Waals surface area contributed by atoms with E-state index in [1.54, 1.807) is 0 Å². The SMILES string of the molecule is CCCCC(CC)C(=O)NCC(c1ccc(C)o1)N1CCCC1. The summed E-state index contributed by atoms with van der Waals surface area (Å²) in [5, 5.41) is 3.19. The molecule has 1 aliphatic rings. The summed E-state index contributed by atoms with van der Waals surface area (Å²) in [6, 6.07) is 4.23. The molecule has 0 spiro atoms. The van der Waals surface area contributed by atoms with Crippen LogP contribution in [0, 0.1) is 12.8 Å². The van der Waals surface area contributed by atoms with Gasteiger partial charge in [-0.15, -0.1) is 0 Å². The molecule has 1 aromatic rings. The van der Waals surface area contributed by atoms with E-state index in [4.69, 9.17) is 4.42 Å². The summed E-state index contributed by atoms with van der Waals surface area (Å²) >= 11 is 0. The fourth-order valence-electron chi connectivity index (χ4n) is 3.41. The third kappa shape index (κ3) is 5.10. The molecule has 2 unspecified atom stereocenters. The highest BCUT2D eigenvalue weighted by Gasteiger charge is 2.27. The predicted molar refractivity (Wildman–Crippen MR) is 93.3 cm³/mol. The Morgan fingerprint density at radius 1 is 1.30 bits per heavy atom. The molecule has 0 aromatic carbocycles. The Bertz CT molecular complexity index is 477. The van der Waals surface area contributed by atoms with Gasteiger partial charge >= 0.3 is 0 Å². The van der Waals surface area contributed by atoms with Gasteiger partial charge in [0.2, 0.25) is 5.91 Å². The monoisotopic (exact) mass is 320 g/mol. The molecule has 0 aliphatic carbocycles. The number of carbonyl (C=O) groups is 1. The van der Waals surface area contributed by atoms with E-state index in [0.717, 1.165) is 50.3 Å². The molecule has 2 atom stereocenters. The van der Waals surface area contributed by atoms with Gasteiger partial charge in [0.05, 0.1) is 6.04 Å². The van der Waals surface area contributed by atoms with Crippen molar-refractivity contribution >= 4 is 5.91 Å². The largest absolute Gasteiger partial charge is 0.465 e. The summed E-state index contributed by atoms with van der Waals surface area (Å²) in [6.07, 6.45) is 6.65. The van der Waals surface area contributed by atoms with Crippen molar-refractivity contribution in [2.24, 2.45) is 5.92 Å². The van der Waals surface area contributed by atoms with E-state index in [1.807, 2.05) is 13.0 Å². The first-order chi connectivity index (χ1) is 11.2. The number of carbonyl (C=O) groups excluding carboxylic acids is 1. The number of aryl methyl sites for hydroxylation is 1. The lowest BCUT2D eigenvalue weighted by atomic mass is 9.98. The highest BCUT2D eigenvalue weighted by atomic mass is 16.3. The highest BCUT2D eigenvalue weighted by molar-refractivity contribution is 5.78. The summed E-state index contributed by atoms with van der Waals surface area (Å²) in [7, 11) is 0. The minimum atomic E-state index is 0.146. The Kier molecular flexibility index (Phi) is 7.15. The maximum absolute atomic E-state index is 12.5. The van der Waals surface area contributed by atoms with Gasteiger partial charge in [-0.25, -0.2) is 0 Å². The molecular formula is C19H32N2O2. The topological polar surface area (TPSA) is 45.5 Å². The standard InChI is InChI=1S/C19H32N2O2/c1-4-6-9-16(5-2)19(22)20-14-17(21-12-7-8-13-21)18-11-10-15(3)23-18/h10-11,16-17H,4-9,12-14H2,1-3H3,(H,20,22). The van der Waals surface area contributed by atoms with Crippen molar-refractivity contribution in [3.63, 3.8) is 0 Å². The number of amides is 1. The molecule has 1 saturated heterocycles. The van der Waals surface area contributed by atoms with Crippen LogP contribution >= 0.6 is 0 Å². The fourth-order valence-corrected chi connectivity index (χ4v) is 3.41. The lowest BCUT2D eigenvalue weighted by Crippen LogP contribution is -2.39. The molecule has 0 radical (unpaired) electrons. The molecule has 2 heterocycles. The third-order valence-electron chi connectivity index (χ3n) is 4.91. The Balaban J connectivity index is 1.96. The molecule has 130 valence electrons. The molecule has 23 heavy (non-hydrogen) atoms. The first-order valence-electron chi connectivity index (χ1n) is 9.23. The Hall–Kier alpha value is -1.29. The second-order valence-electron chi connectivity index (χ2n) is 6.70. The van der Waals surface area contributed by atoms with Crippen LogP contribution in [0.3, 0.4) is 0 Å². The number of furan rings is 1. The lowest BCUT2D eigenvalue weighted by Gasteiger charge is -2.27. The summed E-state index contributed by atoms with van der Waals surface area (Å²) in [5.41, 5.74) is 0. The minimum absolute atomic E-state index is 0.146. The molecule has 4 heteroatoms. The molecule has 0 bridgehead atoms. The van der Waals surface area contributed by atoms with Crippen LogP contribution in [0.25, 0.3) is 0 Å². The van der Waals surface area contributed by atoms with Crippen LogP contribution in [0.5, 0.6) is 0 Å². The smallest absolute Gasteiger partial charge is 0.223 e. The predicted octanol–water partition coefficient (Wildman–Crippen LogP) is 4.06. The first-order valence-corrected chi connectivity index (χ1v) is 9.23. The van der Waals surface area contributed by atoms with Gasteiger partial charge in [0.1, 0.15) is 11.5 Å². The van der Waals surface area contributed by atoms with Crippen LogP contribution in [0.2, 0.25) is 0 Å². The van der Waals surface area contributed by atoms with Crippen molar-refractivity contribution in [2.75, 3.05) is 19.6 Å². The molecule has 1 aliphatic heterocycles. The quantitative estimate of drug-likeness (QED) is 0.746. The molecule has 1 N–H and O–H groups in total. The van der Waals surface area contributed by atoms with Crippen molar-refractivity contribution in [2.45, 2.75) is 65.3 Å². The second-order valence-corrected chi connectivity index (χ2v) is 6.70. The van der Waals surface area contributed by atoms with Gasteiger partial charge in [-0.3, -0.25) is 9.69 Å². The molecule has 2 rings (SSSR count). The average molecular weight is 320 g/mol. The van der Waals surface area contributed by atoms with Crippen molar-refractivity contribution in [3.8, 4) is 0 Å². The van der Waals surface area contributed by atoms with Gasteiger partial charge < -0.3 is 9.73 Å². The van der Waals surface area contributed by atoms with Crippen molar-refractivity contribution in [3.05, 3.63) is 23.7 Å². The maximum atomic E-state index is 12.5. The van der Waals surface area contributed by atoms with E-state index in [2.05, 4.69) is 30.1 Å². The molecule has 1 aromatic heterocycles. The van der Waals surface area contributed by atoms with Crippen LogP contribution in [-0.4, -0.2) is 30.4 Å². The van der Waals surface area contributed by atoms with Gasteiger partial charge in [0.25, 0.3) is 0 Å². The molecular weight excluding hydrogens is 288 g/mol. The van der Waals surface area contributed by atoms with E-state index in [-0.39, 0.29) is 17.9 Å². The van der Waals surface area contributed by atoms with Crippen molar-refractivity contribution in [1.29, 1.82) is 0 Å². The number of likely N-dealkylation sites (tertiary alicyclic amines) is 1. The van der Waals surface area contributed by atoms with E-state index < -0.39 is 0 Å². The second kappa shape index (κ2) is 9.11. The molecule has 4 nitrogen and oxygen atoms in total.